The zero-order valence-corrected chi connectivity index (χ0v) is 11.5. The molecule has 0 N–H and O–H groups in total. The lowest BCUT2D eigenvalue weighted by Gasteiger charge is -2.02. The van der Waals surface area contributed by atoms with Gasteiger partial charge in [-0.2, -0.15) is 0 Å². The Bertz CT molecular complexity index is 439. The highest BCUT2D eigenvalue weighted by molar-refractivity contribution is 14.1. The minimum Gasteiger partial charge on any atom is -0.293 e. The van der Waals surface area contributed by atoms with Crippen LogP contribution in [0.1, 0.15) is 31.1 Å². The first kappa shape index (κ1) is 13.6. The molecule has 0 spiro atoms. The molecule has 84 valence electrons. The van der Waals surface area contributed by atoms with Crippen molar-refractivity contribution in [1.82, 2.24) is 0 Å². The maximum Gasteiger partial charge on any atom is 0.252 e. The second-order valence-electron chi connectivity index (χ2n) is 2.90. The Morgan fingerprint density at radius 1 is 0.938 bits per heavy atom. The zero-order chi connectivity index (χ0) is 12.3. The van der Waals surface area contributed by atoms with E-state index in [-0.39, 0.29) is 26.9 Å². The van der Waals surface area contributed by atoms with Gasteiger partial charge in [0.2, 0.25) is 0 Å². The summed E-state index contributed by atoms with van der Waals surface area (Å²) in [6.45, 7) is 0. The number of halogens is 3. The number of hydrogen-bond donors (Lipinski definition) is 0. The van der Waals surface area contributed by atoms with Crippen molar-refractivity contribution < 1.29 is 14.4 Å². The van der Waals surface area contributed by atoms with Crippen LogP contribution in [0.4, 0.5) is 0 Å². The van der Waals surface area contributed by atoms with Crippen LogP contribution in [0.3, 0.4) is 0 Å². The van der Waals surface area contributed by atoms with E-state index in [2.05, 4.69) is 0 Å². The molecule has 0 aliphatic heterocycles. The quantitative estimate of drug-likeness (QED) is 0.354. The highest BCUT2D eigenvalue weighted by Crippen LogP contribution is 2.15. The van der Waals surface area contributed by atoms with Gasteiger partial charge >= 0.3 is 0 Å². The third-order valence-electron chi connectivity index (χ3n) is 1.83. The lowest BCUT2D eigenvalue weighted by molar-refractivity contribution is 0.102. The molecule has 0 aromatic heterocycles. The topological polar surface area (TPSA) is 51.2 Å². The molecule has 0 saturated carbocycles. The van der Waals surface area contributed by atoms with Gasteiger partial charge < -0.3 is 0 Å². The van der Waals surface area contributed by atoms with Gasteiger partial charge in [-0.3, -0.25) is 14.4 Å². The van der Waals surface area contributed by atoms with Crippen LogP contribution in [0.2, 0.25) is 0 Å². The van der Waals surface area contributed by atoms with Crippen LogP contribution in [0.15, 0.2) is 18.2 Å². The first-order valence-corrected chi connectivity index (χ1v) is 6.37. The number of rotatable bonds is 4. The molecule has 0 amide bonds. The normalized spacial score (nSPS) is 9.94. The number of Topliss-reactive ketones (excluding diaryl/α,β-unsaturated/α-hetero) is 1. The van der Waals surface area contributed by atoms with Gasteiger partial charge in [0.25, 0.3) is 10.5 Å². The van der Waals surface area contributed by atoms with Crippen LogP contribution in [0, 0.1) is 0 Å². The molecular formula is C10H5Cl2IO3. The zero-order valence-electron chi connectivity index (χ0n) is 7.80. The van der Waals surface area contributed by atoms with Crippen LogP contribution < -0.4 is 0 Å². The molecule has 0 bridgehead atoms. The Kier molecular flexibility index (Phi) is 4.89. The first-order valence-electron chi connectivity index (χ1n) is 4.09. The summed E-state index contributed by atoms with van der Waals surface area (Å²) in [5.74, 6) is -0.195. The number of ketones is 1. The molecule has 16 heavy (non-hydrogen) atoms. The van der Waals surface area contributed by atoms with Gasteiger partial charge in [0.1, 0.15) is 0 Å². The number of hydrogen-bond acceptors (Lipinski definition) is 3. The maximum absolute atomic E-state index is 11.4. The molecule has 3 nitrogen and oxygen atoms in total. The number of carbonyl (C=O) groups is 3. The fraction of sp³-hybridized carbons (Fsp3) is 0.100. The minimum atomic E-state index is -0.734. The molecule has 0 radical (unpaired) electrons. The average molecular weight is 371 g/mol. The SMILES string of the molecule is O=C(Cl)c1cc(C(=O)Cl)cc(C(=O)CI)c1. The van der Waals surface area contributed by atoms with E-state index in [4.69, 9.17) is 23.2 Å². The second-order valence-corrected chi connectivity index (χ2v) is 4.35. The molecule has 0 aliphatic carbocycles. The van der Waals surface area contributed by atoms with Gasteiger partial charge in [-0.05, 0) is 41.4 Å². The predicted octanol–water partition coefficient (Wildman–Crippen LogP) is 3.06. The molecule has 1 aromatic rings. The van der Waals surface area contributed by atoms with Crippen molar-refractivity contribution >= 4 is 62.1 Å². The molecule has 1 aromatic carbocycles. The van der Waals surface area contributed by atoms with Gasteiger partial charge in [-0.15, -0.1) is 0 Å². The molecule has 1 rings (SSSR count). The van der Waals surface area contributed by atoms with Crippen molar-refractivity contribution in [3.05, 3.63) is 34.9 Å². The lowest BCUT2D eigenvalue weighted by atomic mass is 10.0. The van der Waals surface area contributed by atoms with Crippen molar-refractivity contribution in [3.63, 3.8) is 0 Å². The van der Waals surface area contributed by atoms with Crippen LogP contribution >= 0.6 is 45.8 Å². The van der Waals surface area contributed by atoms with E-state index < -0.39 is 10.5 Å². The Morgan fingerprint density at radius 2 is 1.31 bits per heavy atom. The Morgan fingerprint density at radius 3 is 1.62 bits per heavy atom. The summed E-state index contributed by atoms with van der Waals surface area (Å²) in [6, 6.07) is 3.95. The maximum atomic E-state index is 11.4. The van der Waals surface area contributed by atoms with E-state index in [1.807, 2.05) is 22.6 Å². The summed E-state index contributed by atoms with van der Waals surface area (Å²) in [5, 5.41) is -1.47. The van der Waals surface area contributed by atoms with Gasteiger partial charge in [0, 0.05) is 16.7 Å². The van der Waals surface area contributed by atoms with E-state index in [9.17, 15) is 14.4 Å². The molecule has 0 fully saturated rings. The molecule has 0 saturated heterocycles. The van der Waals surface area contributed by atoms with E-state index in [0.717, 1.165) is 0 Å². The molecular weight excluding hydrogens is 366 g/mol. The molecule has 0 atom stereocenters. The minimum absolute atomic E-state index is 0.0846. The highest BCUT2D eigenvalue weighted by atomic mass is 127. The Hall–Kier alpha value is -0.460. The third-order valence-corrected chi connectivity index (χ3v) is 2.96. The largest absolute Gasteiger partial charge is 0.293 e. The monoisotopic (exact) mass is 370 g/mol. The van der Waals surface area contributed by atoms with Crippen LogP contribution in [0.25, 0.3) is 0 Å². The van der Waals surface area contributed by atoms with E-state index in [1.165, 1.54) is 18.2 Å². The highest BCUT2D eigenvalue weighted by Gasteiger charge is 2.13. The third kappa shape index (κ3) is 3.26. The number of benzene rings is 1. The second kappa shape index (κ2) is 5.75. The standard InChI is InChI=1S/C10H5Cl2IO3/c11-9(15)6-1-5(8(14)4-13)2-7(3-6)10(12)16/h1-3H,4H2. The van der Waals surface area contributed by atoms with Crippen molar-refractivity contribution in [3.8, 4) is 0 Å². The van der Waals surface area contributed by atoms with Crippen molar-refractivity contribution in [1.29, 1.82) is 0 Å². The Labute approximate surface area is 115 Å². The smallest absolute Gasteiger partial charge is 0.252 e. The van der Waals surface area contributed by atoms with Crippen molar-refractivity contribution in [2.24, 2.45) is 0 Å². The lowest BCUT2D eigenvalue weighted by Crippen LogP contribution is -2.05. The summed E-state index contributed by atoms with van der Waals surface area (Å²) >= 11 is 12.5. The average Bonchev–Trinajstić information content (AvgIpc) is 2.27. The van der Waals surface area contributed by atoms with E-state index in [1.54, 1.807) is 0 Å². The van der Waals surface area contributed by atoms with Gasteiger partial charge in [0.15, 0.2) is 5.78 Å². The van der Waals surface area contributed by atoms with Gasteiger partial charge in [0.05, 0.1) is 4.43 Å². The fourth-order valence-corrected chi connectivity index (χ4v) is 1.75. The van der Waals surface area contributed by atoms with Crippen molar-refractivity contribution in [2.75, 3.05) is 4.43 Å². The Balaban J connectivity index is 3.35. The van der Waals surface area contributed by atoms with E-state index in [0.29, 0.717) is 0 Å². The number of alkyl halides is 1. The van der Waals surface area contributed by atoms with Crippen LogP contribution in [-0.4, -0.2) is 20.7 Å². The first-order chi connectivity index (χ1) is 7.45. The summed E-state index contributed by atoms with van der Waals surface area (Å²) in [5.41, 5.74) is 0.424. The summed E-state index contributed by atoms with van der Waals surface area (Å²) in [7, 11) is 0. The van der Waals surface area contributed by atoms with Crippen molar-refractivity contribution in [2.45, 2.75) is 0 Å². The molecule has 0 heterocycles. The number of carbonyl (C=O) groups excluding carboxylic acids is 3. The molecule has 6 heteroatoms. The fourth-order valence-electron chi connectivity index (χ4n) is 1.09. The summed E-state index contributed by atoms with van der Waals surface area (Å²) in [6.07, 6.45) is 0. The molecule has 0 unspecified atom stereocenters. The van der Waals surface area contributed by atoms with Crippen LogP contribution in [-0.2, 0) is 0 Å². The summed E-state index contributed by atoms with van der Waals surface area (Å²) in [4.78, 5) is 33.4. The summed E-state index contributed by atoms with van der Waals surface area (Å²) < 4.78 is 0.244. The van der Waals surface area contributed by atoms with E-state index >= 15 is 0 Å². The predicted molar refractivity (Wildman–Crippen MR) is 70.0 cm³/mol. The van der Waals surface area contributed by atoms with Crippen LogP contribution in [0.5, 0.6) is 0 Å². The molecule has 0 aliphatic rings. The van der Waals surface area contributed by atoms with Gasteiger partial charge in [-0.1, -0.05) is 22.6 Å². The van der Waals surface area contributed by atoms with Gasteiger partial charge in [-0.25, -0.2) is 0 Å².